The Balaban J connectivity index is 1.20. The van der Waals surface area contributed by atoms with E-state index in [-0.39, 0.29) is 35.0 Å². The molecule has 2 atom stereocenters. The zero-order valence-corrected chi connectivity index (χ0v) is 21.4. The van der Waals surface area contributed by atoms with Crippen molar-refractivity contribution in [3.8, 4) is 5.75 Å². The van der Waals surface area contributed by atoms with Crippen LogP contribution in [0.15, 0.2) is 97.1 Å². The Morgan fingerprint density at radius 2 is 1.15 bits per heavy atom. The Bertz CT molecular complexity index is 1610. The van der Waals surface area contributed by atoms with Gasteiger partial charge in [0.25, 0.3) is 0 Å². The molecule has 1 fully saturated rings. The Morgan fingerprint density at radius 1 is 0.625 bits per heavy atom. The molecule has 0 saturated carbocycles. The fourth-order valence-corrected chi connectivity index (χ4v) is 6.65. The zero-order valence-electron chi connectivity index (χ0n) is 21.4. The van der Waals surface area contributed by atoms with Crippen molar-refractivity contribution < 1.29 is 28.7 Å². The second kappa shape index (κ2) is 9.02. The lowest BCUT2D eigenvalue weighted by Gasteiger charge is -2.45. The number of hydrogen-bond acceptors (Lipinski definition) is 6. The van der Waals surface area contributed by atoms with E-state index in [2.05, 4.69) is 29.0 Å². The zero-order chi connectivity index (χ0) is 27.5. The second-order valence-corrected chi connectivity index (χ2v) is 10.2. The van der Waals surface area contributed by atoms with Crippen molar-refractivity contribution in [3.05, 3.63) is 130 Å². The molecule has 3 aliphatic carbocycles. The van der Waals surface area contributed by atoms with Gasteiger partial charge in [0.15, 0.2) is 0 Å². The van der Waals surface area contributed by atoms with Gasteiger partial charge in [0.1, 0.15) is 5.75 Å². The lowest BCUT2D eigenvalue weighted by Crippen LogP contribution is -2.41. The summed E-state index contributed by atoms with van der Waals surface area (Å²) in [6.07, 6.45) is 0. The van der Waals surface area contributed by atoms with E-state index in [0.717, 1.165) is 22.3 Å². The summed E-state index contributed by atoms with van der Waals surface area (Å²) in [5.74, 6) is -2.83. The maximum absolute atomic E-state index is 14.0. The fraction of sp³-hybridized carbons (Fsp3) is 0.152. The van der Waals surface area contributed by atoms with Crippen molar-refractivity contribution >= 4 is 29.4 Å². The molecule has 0 radical (unpaired) electrons. The lowest BCUT2D eigenvalue weighted by molar-refractivity contribution is -0.122. The molecule has 196 valence electrons. The second-order valence-electron chi connectivity index (χ2n) is 10.2. The summed E-state index contributed by atoms with van der Waals surface area (Å²) < 4.78 is 10.2. The van der Waals surface area contributed by atoms with Gasteiger partial charge in [0, 0.05) is 11.8 Å². The Kier molecular flexibility index (Phi) is 5.42. The summed E-state index contributed by atoms with van der Waals surface area (Å²) in [5.41, 5.74) is 5.27. The summed E-state index contributed by atoms with van der Waals surface area (Å²) in [4.78, 5) is 53.9. The Hall–Kier alpha value is -5.04. The van der Waals surface area contributed by atoms with E-state index in [9.17, 15) is 19.2 Å². The number of anilines is 1. The van der Waals surface area contributed by atoms with E-state index in [0.29, 0.717) is 11.3 Å². The van der Waals surface area contributed by atoms with Gasteiger partial charge >= 0.3 is 11.9 Å². The van der Waals surface area contributed by atoms with Gasteiger partial charge in [-0.1, -0.05) is 54.6 Å². The number of nitrogens with zero attached hydrogens (tertiary/aromatic N) is 1. The van der Waals surface area contributed by atoms with Crippen LogP contribution in [0.4, 0.5) is 5.69 Å². The predicted molar refractivity (Wildman–Crippen MR) is 145 cm³/mol. The van der Waals surface area contributed by atoms with Crippen LogP contribution in [0.3, 0.4) is 0 Å². The van der Waals surface area contributed by atoms with E-state index < -0.39 is 23.8 Å². The summed E-state index contributed by atoms with van der Waals surface area (Å²) in [6, 6.07) is 28.5. The SMILES string of the molecule is COC(=O)c1ccc(OC(=O)c2cccc(N3C(=O)[C@@H]4C5c6ccccc6C(c6ccccc65)[C@H]4C3=O)c2)cc1. The molecular weight excluding hydrogens is 506 g/mol. The molecule has 0 spiro atoms. The molecule has 1 aliphatic heterocycles. The third kappa shape index (κ3) is 3.44. The smallest absolute Gasteiger partial charge is 0.343 e. The van der Waals surface area contributed by atoms with E-state index >= 15 is 0 Å². The number of hydrogen-bond donors (Lipinski definition) is 0. The molecule has 0 aromatic heterocycles. The van der Waals surface area contributed by atoms with Gasteiger partial charge in [-0.15, -0.1) is 0 Å². The first-order valence-electron chi connectivity index (χ1n) is 13.0. The van der Waals surface area contributed by atoms with Crippen LogP contribution in [0.2, 0.25) is 0 Å². The van der Waals surface area contributed by atoms with Crippen molar-refractivity contribution in [2.75, 3.05) is 12.0 Å². The molecule has 4 aliphatic rings. The van der Waals surface area contributed by atoms with E-state index in [1.165, 1.54) is 42.3 Å². The molecule has 2 bridgehead atoms. The average Bonchev–Trinajstić information content (AvgIpc) is 3.27. The van der Waals surface area contributed by atoms with Crippen molar-refractivity contribution in [2.24, 2.45) is 11.8 Å². The fourth-order valence-electron chi connectivity index (χ4n) is 6.65. The molecule has 4 aromatic rings. The average molecular weight is 530 g/mol. The minimum absolute atomic E-state index is 0.194. The number of imide groups is 1. The molecule has 2 amide bonds. The Labute approximate surface area is 230 Å². The van der Waals surface area contributed by atoms with Crippen molar-refractivity contribution in [1.82, 2.24) is 0 Å². The standard InChI is InChI=1S/C33H23NO6/c1-39-32(37)18-13-15-21(16-14-18)40-33(38)19-7-6-8-20(17-19)34-30(35)28-26-22-9-2-3-10-23(22)27(29(28)31(34)36)25-12-5-4-11-24(25)26/h2-17,26-29H,1H3/t26?,27?,28-,29-/m1/s1. The van der Waals surface area contributed by atoms with Crippen LogP contribution < -0.4 is 9.64 Å². The maximum atomic E-state index is 14.0. The monoisotopic (exact) mass is 529 g/mol. The third-order valence-electron chi connectivity index (χ3n) is 8.27. The van der Waals surface area contributed by atoms with E-state index in [1.54, 1.807) is 18.2 Å². The molecule has 8 rings (SSSR count). The van der Waals surface area contributed by atoms with Gasteiger partial charge in [0.2, 0.25) is 11.8 Å². The largest absolute Gasteiger partial charge is 0.465 e. The molecule has 1 heterocycles. The minimum Gasteiger partial charge on any atom is -0.465 e. The number of amides is 2. The number of ether oxygens (including phenoxy) is 2. The van der Waals surface area contributed by atoms with Gasteiger partial charge < -0.3 is 9.47 Å². The van der Waals surface area contributed by atoms with Crippen LogP contribution in [-0.4, -0.2) is 30.9 Å². The Morgan fingerprint density at radius 3 is 1.65 bits per heavy atom. The summed E-state index contributed by atoms with van der Waals surface area (Å²) in [7, 11) is 1.29. The highest BCUT2D eigenvalue weighted by molar-refractivity contribution is 6.23. The molecule has 40 heavy (non-hydrogen) atoms. The van der Waals surface area contributed by atoms with Crippen LogP contribution in [-0.2, 0) is 14.3 Å². The van der Waals surface area contributed by atoms with Gasteiger partial charge in [-0.3, -0.25) is 9.59 Å². The molecule has 0 unspecified atom stereocenters. The van der Waals surface area contributed by atoms with Crippen LogP contribution in [0.25, 0.3) is 0 Å². The van der Waals surface area contributed by atoms with Crippen LogP contribution in [0.5, 0.6) is 5.75 Å². The van der Waals surface area contributed by atoms with E-state index in [4.69, 9.17) is 4.74 Å². The molecule has 7 nitrogen and oxygen atoms in total. The molecular formula is C33H23NO6. The molecule has 4 aromatic carbocycles. The van der Waals surface area contributed by atoms with Crippen molar-refractivity contribution in [3.63, 3.8) is 0 Å². The summed E-state index contributed by atoms with van der Waals surface area (Å²) in [5, 5.41) is 0. The van der Waals surface area contributed by atoms with E-state index in [1.807, 2.05) is 24.3 Å². The lowest BCUT2D eigenvalue weighted by atomic mass is 9.55. The molecule has 0 N–H and O–H groups in total. The van der Waals surface area contributed by atoms with Crippen LogP contribution in [0, 0.1) is 11.8 Å². The number of benzene rings is 4. The van der Waals surface area contributed by atoms with Crippen molar-refractivity contribution in [2.45, 2.75) is 11.8 Å². The third-order valence-corrected chi connectivity index (χ3v) is 8.27. The van der Waals surface area contributed by atoms with Gasteiger partial charge in [-0.2, -0.15) is 0 Å². The van der Waals surface area contributed by atoms with Crippen molar-refractivity contribution in [1.29, 1.82) is 0 Å². The van der Waals surface area contributed by atoms with Gasteiger partial charge in [-0.05, 0) is 64.7 Å². The molecule has 7 heteroatoms. The minimum atomic E-state index is -0.649. The number of carbonyl (C=O) groups excluding carboxylic acids is 4. The van der Waals surface area contributed by atoms with Crippen LogP contribution >= 0.6 is 0 Å². The van der Waals surface area contributed by atoms with Crippen LogP contribution in [0.1, 0.15) is 54.8 Å². The first kappa shape index (κ1) is 24.0. The first-order valence-corrected chi connectivity index (χ1v) is 13.0. The van der Waals surface area contributed by atoms with Gasteiger partial charge in [0.05, 0.1) is 35.8 Å². The number of methoxy groups -OCH3 is 1. The highest BCUT2D eigenvalue weighted by Gasteiger charge is 2.61. The highest BCUT2D eigenvalue weighted by atomic mass is 16.5. The number of esters is 2. The topological polar surface area (TPSA) is 90.0 Å². The normalized spacial score (nSPS) is 21.9. The summed E-state index contributed by atoms with van der Waals surface area (Å²) in [6.45, 7) is 0. The highest BCUT2D eigenvalue weighted by Crippen LogP contribution is 2.61. The maximum Gasteiger partial charge on any atom is 0.343 e. The number of rotatable bonds is 4. The number of carbonyl (C=O) groups is 4. The summed E-state index contributed by atoms with van der Waals surface area (Å²) >= 11 is 0. The van der Waals surface area contributed by atoms with Gasteiger partial charge in [-0.25, -0.2) is 14.5 Å². The quantitative estimate of drug-likeness (QED) is 0.208. The molecule has 1 saturated heterocycles. The predicted octanol–water partition coefficient (Wildman–Crippen LogP) is 5.09. The first-order chi connectivity index (χ1) is 19.5.